The minimum Gasteiger partial charge on any atom is -0.298 e. The number of hydrogen-bond donors (Lipinski definition) is 0. The Kier molecular flexibility index (Phi) is 4.01. The molecule has 1 saturated heterocycles. The SMILES string of the molecule is CC(C)C1=C(C(C)C)[C@@]2(CC1)CCN(C(C)C)[C@@H]1CC[C@@H]12. The maximum atomic E-state index is 2.81. The zero-order chi connectivity index (χ0) is 15.4. The van der Waals surface area contributed by atoms with E-state index in [1.165, 1.54) is 38.6 Å². The van der Waals surface area contributed by atoms with E-state index in [4.69, 9.17) is 0 Å². The van der Waals surface area contributed by atoms with Crippen LogP contribution < -0.4 is 0 Å². The third-order valence-corrected chi connectivity index (χ3v) is 6.85. The molecule has 3 rings (SSSR count). The van der Waals surface area contributed by atoms with Gasteiger partial charge in [-0.25, -0.2) is 0 Å². The molecule has 2 fully saturated rings. The van der Waals surface area contributed by atoms with Gasteiger partial charge in [0.2, 0.25) is 0 Å². The highest BCUT2D eigenvalue weighted by atomic mass is 15.2. The summed E-state index contributed by atoms with van der Waals surface area (Å²) in [7, 11) is 0. The van der Waals surface area contributed by atoms with Gasteiger partial charge in [0.05, 0.1) is 0 Å². The van der Waals surface area contributed by atoms with Gasteiger partial charge < -0.3 is 0 Å². The highest BCUT2D eigenvalue weighted by Crippen LogP contribution is 2.62. The molecule has 21 heavy (non-hydrogen) atoms. The Labute approximate surface area is 132 Å². The van der Waals surface area contributed by atoms with E-state index < -0.39 is 0 Å². The van der Waals surface area contributed by atoms with Gasteiger partial charge in [0.1, 0.15) is 0 Å². The van der Waals surface area contributed by atoms with Gasteiger partial charge in [-0.3, -0.25) is 4.90 Å². The average Bonchev–Trinajstić information content (AvgIpc) is 2.71. The Morgan fingerprint density at radius 2 is 1.67 bits per heavy atom. The number of likely N-dealkylation sites (tertiary alicyclic amines) is 1. The molecule has 120 valence electrons. The summed E-state index contributed by atoms with van der Waals surface area (Å²) in [5.74, 6) is 2.46. The third-order valence-electron chi connectivity index (χ3n) is 6.85. The van der Waals surface area contributed by atoms with Crippen LogP contribution in [-0.2, 0) is 0 Å². The van der Waals surface area contributed by atoms with Crippen molar-refractivity contribution in [3.63, 3.8) is 0 Å². The quantitative estimate of drug-likeness (QED) is 0.640. The van der Waals surface area contributed by atoms with E-state index in [1.807, 2.05) is 11.1 Å². The van der Waals surface area contributed by atoms with Crippen LogP contribution >= 0.6 is 0 Å². The highest BCUT2D eigenvalue weighted by molar-refractivity contribution is 5.34. The van der Waals surface area contributed by atoms with Crippen LogP contribution in [0.4, 0.5) is 0 Å². The molecule has 1 spiro atoms. The first kappa shape index (κ1) is 15.6. The molecule has 1 heteroatoms. The first-order valence-electron chi connectivity index (χ1n) is 9.37. The van der Waals surface area contributed by atoms with E-state index in [2.05, 4.69) is 46.4 Å². The van der Waals surface area contributed by atoms with E-state index in [9.17, 15) is 0 Å². The molecule has 0 aromatic carbocycles. The fraction of sp³-hybridized carbons (Fsp3) is 0.900. The maximum absolute atomic E-state index is 2.81. The molecule has 1 saturated carbocycles. The highest BCUT2D eigenvalue weighted by Gasteiger charge is 2.57. The molecule has 0 amide bonds. The molecule has 1 heterocycles. The van der Waals surface area contributed by atoms with Crippen LogP contribution in [0.1, 0.15) is 73.6 Å². The number of hydrogen-bond acceptors (Lipinski definition) is 1. The molecule has 3 atom stereocenters. The van der Waals surface area contributed by atoms with Gasteiger partial charge in [0.15, 0.2) is 0 Å². The second-order valence-electron chi connectivity index (χ2n) is 8.74. The van der Waals surface area contributed by atoms with Crippen molar-refractivity contribution in [2.24, 2.45) is 23.2 Å². The third kappa shape index (κ3) is 2.22. The molecule has 0 aromatic heterocycles. The Bertz CT molecular complexity index is 431. The van der Waals surface area contributed by atoms with Crippen LogP contribution in [0.3, 0.4) is 0 Å². The summed E-state index contributed by atoms with van der Waals surface area (Å²) in [5.41, 5.74) is 4.31. The lowest BCUT2D eigenvalue weighted by Gasteiger charge is -2.60. The van der Waals surface area contributed by atoms with Crippen molar-refractivity contribution in [1.82, 2.24) is 4.90 Å². The van der Waals surface area contributed by atoms with Crippen molar-refractivity contribution < 1.29 is 0 Å². The van der Waals surface area contributed by atoms with Gasteiger partial charge in [-0.15, -0.1) is 0 Å². The number of nitrogens with zero attached hydrogens (tertiary/aromatic N) is 1. The molecular formula is C20H35N. The first-order chi connectivity index (χ1) is 9.88. The second-order valence-corrected chi connectivity index (χ2v) is 8.74. The first-order valence-corrected chi connectivity index (χ1v) is 9.37. The summed E-state index contributed by atoms with van der Waals surface area (Å²) in [6, 6.07) is 1.62. The zero-order valence-corrected chi connectivity index (χ0v) is 15.1. The molecule has 1 nitrogen and oxygen atoms in total. The largest absolute Gasteiger partial charge is 0.298 e. The van der Waals surface area contributed by atoms with Gasteiger partial charge in [0.25, 0.3) is 0 Å². The number of fused-ring (bicyclic) bond motifs is 2. The summed E-state index contributed by atoms with van der Waals surface area (Å²) < 4.78 is 0. The maximum Gasteiger partial charge on any atom is 0.0135 e. The fourth-order valence-corrected chi connectivity index (χ4v) is 5.98. The van der Waals surface area contributed by atoms with Crippen LogP contribution in [0.25, 0.3) is 0 Å². The molecule has 2 aliphatic carbocycles. The van der Waals surface area contributed by atoms with Crippen molar-refractivity contribution in [1.29, 1.82) is 0 Å². The van der Waals surface area contributed by atoms with E-state index in [-0.39, 0.29) is 0 Å². The van der Waals surface area contributed by atoms with E-state index in [0.717, 1.165) is 29.8 Å². The Hall–Kier alpha value is -0.300. The zero-order valence-electron chi connectivity index (χ0n) is 15.1. The van der Waals surface area contributed by atoms with E-state index in [0.29, 0.717) is 5.41 Å². The Morgan fingerprint density at radius 1 is 0.952 bits per heavy atom. The van der Waals surface area contributed by atoms with Crippen molar-refractivity contribution in [2.45, 2.75) is 85.7 Å². The minimum atomic E-state index is 0.585. The summed E-state index contributed by atoms with van der Waals surface area (Å²) in [6.07, 6.45) is 7.20. The summed E-state index contributed by atoms with van der Waals surface area (Å²) >= 11 is 0. The van der Waals surface area contributed by atoms with Gasteiger partial charge in [-0.1, -0.05) is 38.8 Å². The lowest BCUT2D eigenvalue weighted by molar-refractivity contribution is -0.0767. The Morgan fingerprint density at radius 3 is 2.14 bits per heavy atom. The molecular weight excluding hydrogens is 254 g/mol. The fourth-order valence-electron chi connectivity index (χ4n) is 5.98. The lowest BCUT2D eigenvalue weighted by Crippen LogP contribution is -2.61. The monoisotopic (exact) mass is 289 g/mol. The molecule has 1 aliphatic heterocycles. The molecule has 0 radical (unpaired) electrons. The van der Waals surface area contributed by atoms with Crippen molar-refractivity contribution in [3.8, 4) is 0 Å². The molecule has 0 N–H and O–H groups in total. The van der Waals surface area contributed by atoms with Crippen molar-refractivity contribution in [2.75, 3.05) is 6.54 Å². The van der Waals surface area contributed by atoms with Gasteiger partial charge in [-0.2, -0.15) is 0 Å². The predicted octanol–water partition coefficient (Wildman–Crippen LogP) is 5.27. The Balaban J connectivity index is 1.95. The summed E-state index contributed by atoms with van der Waals surface area (Å²) in [5, 5.41) is 0. The summed E-state index contributed by atoms with van der Waals surface area (Å²) in [4.78, 5) is 2.81. The van der Waals surface area contributed by atoms with Crippen LogP contribution in [0.15, 0.2) is 11.1 Å². The van der Waals surface area contributed by atoms with E-state index in [1.54, 1.807) is 0 Å². The van der Waals surface area contributed by atoms with Crippen molar-refractivity contribution in [3.05, 3.63) is 11.1 Å². The topological polar surface area (TPSA) is 3.24 Å². The van der Waals surface area contributed by atoms with Gasteiger partial charge in [0, 0.05) is 12.1 Å². The van der Waals surface area contributed by atoms with Crippen LogP contribution in [0, 0.1) is 23.2 Å². The van der Waals surface area contributed by atoms with Gasteiger partial charge >= 0.3 is 0 Å². The number of rotatable bonds is 3. The summed E-state index contributed by atoms with van der Waals surface area (Å²) in [6.45, 7) is 15.8. The van der Waals surface area contributed by atoms with E-state index >= 15 is 0 Å². The van der Waals surface area contributed by atoms with Crippen LogP contribution in [0.2, 0.25) is 0 Å². The predicted molar refractivity (Wildman–Crippen MR) is 91.3 cm³/mol. The van der Waals surface area contributed by atoms with Crippen LogP contribution in [-0.4, -0.2) is 23.5 Å². The standard InChI is InChI=1S/C20H35N/c1-13(2)16-9-10-20(19(16)14(3)4)11-12-21(15(5)6)18-8-7-17(18)20/h13-15,17-18H,7-12H2,1-6H3/t17-,18+,20-/m0/s1. The molecule has 3 aliphatic rings. The second kappa shape index (κ2) is 5.41. The lowest BCUT2D eigenvalue weighted by atomic mass is 9.54. The molecule has 0 unspecified atom stereocenters. The molecule has 0 bridgehead atoms. The average molecular weight is 290 g/mol. The minimum absolute atomic E-state index is 0.585. The number of allylic oxidation sites excluding steroid dienone is 2. The smallest absolute Gasteiger partial charge is 0.0135 e. The molecule has 0 aromatic rings. The van der Waals surface area contributed by atoms with Crippen molar-refractivity contribution >= 4 is 0 Å². The normalized spacial score (nSPS) is 37.0. The van der Waals surface area contributed by atoms with Crippen LogP contribution in [0.5, 0.6) is 0 Å². The number of piperidine rings is 1. The van der Waals surface area contributed by atoms with Gasteiger partial charge in [-0.05, 0) is 75.7 Å².